The molecule has 1 amide bonds. The van der Waals surface area contributed by atoms with E-state index >= 15 is 0 Å². The van der Waals surface area contributed by atoms with Crippen molar-refractivity contribution in [3.8, 4) is 5.75 Å². The van der Waals surface area contributed by atoms with Gasteiger partial charge in [0.05, 0.1) is 5.92 Å². The Morgan fingerprint density at radius 3 is 2.38 bits per heavy atom. The molecule has 2 N–H and O–H groups in total. The Morgan fingerprint density at radius 2 is 1.90 bits per heavy atom. The van der Waals surface area contributed by atoms with Crippen LogP contribution in [0.4, 0.5) is 13.2 Å². The van der Waals surface area contributed by atoms with Crippen molar-refractivity contribution in [1.29, 1.82) is 0 Å². The maximum atomic E-state index is 12.0. The Kier molecular flexibility index (Phi) is 6.29. The number of alkyl halides is 3. The summed E-state index contributed by atoms with van der Waals surface area (Å²) in [5, 5.41) is 5.78. The highest BCUT2D eigenvalue weighted by Crippen LogP contribution is 2.18. The summed E-state index contributed by atoms with van der Waals surface area (Å²) >= 11 is 0. The van der Waals surface area contributed by atoms with E-state index in [1.807, 2.05) is 0 Å². The minimum absolute atomic E-state index is 0. The molecule has 0 saturated carbocycles. The first-order chi connectivity index (χ1) is 9.44. The summed E-state index contributed by atoms with van der Waals surface area (Å²) in [5.41, 5.74) is 0.810. The lowest BCUT2D eigenvalue weighted by Gasteiger charge is -2.25. The zero-order valence-electron chi connectivity index (χ0n) is 11.1. The largest absolute Gasteiger partial charge is 0.484 e. The minimum atomic E-state index is -4.34. The van der Waals surface area contributed by atoms with E-state index in [2.05, 4.69) is 15.4 Å². The van der Waals surface area contributed by atoms with Crippen LogP contribution in [0.1, 0.15) is 5.56 Å². The summed E-state index contributed by atoms with van der Waals surface area (Å²) in [7, 11) is 0. The number of benzene rings is 1. The standard InChI is InChI=1S/C13H15F3N2O2.ClH/c14-13(15,16)8-20-11-3-1-9(2-4-11)5-18-12(19)10-6-17-7-10;/h1-4,10,17H,5-8H2,(H,18,19);1H. The van der Waals surface area contributed by atoms with Crippen LogP contribution in [0.25, 0.3) is 0 Å². The van der Waals surface area contributed by atoms with Crippen LogP contribution in [-0.2, 0) is 11.3 Å². The Bertz CT molecular complexity index is 461. The van der Waals surface area contributed by atoms with Gasteiger partial charge in [-0.3, -0.25) is 4.79 Å². The molecule has 1 aromatic rings. The SMILES string of the molecule is Cl.O=C(NCc1ccc(OCC(F)(F)F)cc1)C1CNC1. The summed E-state index contributed by atoms with van der Waals surface area (Å²) in [6.45, 7) is 0.429. The van der Waals surface area contributed by atoms with Gasteiger partial charge in [0.25, 0.3) is 0 Å². The van der Waals surface area contributed by atoms with Gasteiger partial charge in [-0.1, -0.05) is 12.1 Å². The first-order valence-corrected chi connectivity index (χ1v) is 6.21. The highest BCUT2D eigenvalue weighted by Gasteiger charge is 2.28. The number of halogens is 4. The lowest BCUT2D eigenvalue weighted by atomic mass is 10.0. The predicted octanol–water partition coefficient (Wildman–Crippen LogP) is 1.89. The van der Waals surface area contributed by atoms with Gasteiger partial charge in [-0.05, 0) is 17.7 Å². The quantitative estimate of drug-likeness (QED) is 0.869. The summed E-state index contributed by atoms with van der Waals surface area (Å²) in [6.07, 6.45) is -4.34. The molecule has 21 heavy (non-hydrogen) atoms. The van der Waals surface area contributed by atoms with Gasteiger partial charge in [-0.25, -0.2) is 0 Å². The first kappa shape index (κ1) is 17.6. The number of carbonyl (C=O) groups excluding carboxylic acids is 1. The molecule has 0 aromatic heterocycles. The average Bonchev–Trinajstić information content (AvgIpc) is 2.32. The minimum Gasteiger partial charge on any atom is -0.484 e. The molecule has 8 heteroatoms. The van der Waals surface area contributed by atoms with Gasteiger partial charge in [-0.15, -0.1) is 12.4 Å². The number of amides is 1. The Hall–Kier alpha value is -1.47. The van der Waals surface area contributed by atoms with E-state index in [1.54, 1.807) is 12.1 Å². The van der Waals surface area contributed by atoms with Gasteiger partial charge in [0.2, 0.25) is 5.91 Å². The topological polar surface area (TPSA) is 50.4 Å². The van der Waals surface area contributed by atoms with Gasteiger partial charge in [0.15, 0.2) is 6.61 Å². The van der Waals surface area contributed by atoms with Crippen LogP contribution in [-0.4, -0.2) is 31.8 Å². The summed E-state index contributed by atoms with van der Waals surface area (Å²) in [4.78, 5) is 11.6. The van der Waals surface area contributed by atoms with Crippen molar-refractivity contribution in [1.82, 2.24) is 10.6 Å². The molecule has 0 radical (unpaired) electrons. The molecule has 1 saturated heterocycles. The van der Waals surface area contributed by atoms with Crippen molar-refractivity contribution < 1.29 is 22.7 Å². The van der Waals surface area contributed by atoms with Crippen LogP contribution >= 0.6 is 12.4 Å². The molecular formula is C13H16ClF3N2O2. The fourth-order valence-corrected chi connectivity index (χ4v) is 1.68. The van der Waals surface area contributed by atoms with Crippen LogP contribution in [0.2, 0.25) is 0 Å². The first-order valence-electron chi connectivity index (χ1n) is 6.21. The van der Waals surface area contributed by atoms with Gasteiger partial charge >= 0.3 is 6.18 Å². The highest BCUT2D eigenvalue weighted by molar-refractivity contribution is 5.85. The zero-order chi connectivity index (χ0) is 14.6. The van der Waals surface area contributed by atoms with Crippen molar-refractivity contribution in [3.63, 3.8) is 0 Å². The predicted molar refractivity (Wildman–Crippen MR) is 73.4 cm³/mol. The molecule has 1 heterocycles. The van der Waals surface area contributed by atoms with E-state index in [1.165, 1.54) is 12.1 Å². The number of carbonyl (C=O) groups is 1. The molecular weight excluding hydrogens is 309 g/mol. The lowest BCUT2D eigenvalue weighted by Crippen LogP contribution is -2.50. The smallest absolute Gasteiger partial charge is 0.422 e. The van der Waals surface area contributed by atoms with Crippen molar-refractivity contribution in [2.45, 2.75) is 12.7 Å². The molecule has 1 fully saturated rings. The van der Waals surface area contributed by atoms with Crippen LogP contribution in [0.15, 0.2) is 24.3 Å². The van der Waals surface area contributed by atoms with Gasteiger partial charge in [0.1, 0.15) is 5.75 Å². The molecule has 4 nitrogen and oxygen atoms in total. The number of rotatable bonds is 5. The third kappa shape index (κ3) is 5.81. The number of ether oxygens (including phenoxy) is 1. The van der Waals surface area contributed by atoms with Gasteiger partial charge in [-0.2, -0.15) is 13.2 Å². The van der Waals surface area contributed by atoms with E-state index in [9.17, 15) is 18.0 Å². The van der Waals surface area contributed by atoms with E-state index in [0.29, 0.717) is 19.6 Å². The Balaban J connectivity index is 0.00000220. The molecule has 0 atom stereocenters. The second-order valence-electron chi connectivity index (χ2n) is 4.62. The Morgan fingerprint density at radius 1 is 1.29 bits per heavy atom. The van der Waals surface area contributed by atoms with E-state index < -0.39 is 12.8 Å². The van der Waals surface area contributed by atoms with E-state index in [0.717, 1.165) is 5.56 Å². The van der Waals surface area contributed by atoms with Crippen LogP contribution in [0.5, 0.6) is 5.75 Å². The Labute approximate surface area is 126 Å². The normalized spacial score (nSPS) is 14.8. The highest BCUT2D eigenvalue weighted by atomic mass is 35.5. The molecule has 1 aromatic carbocycles. The molecule has 0 bridgehead atoms. The van der Waals surface area contributed by atoms with Crippen LogP contribution in [0, 0.1) is 5.92 Å². The van der Waals surface area contributed by atoms with Gasteiger partial charge < -0.3 is 15.4 Å². The summed E-state index contributed by atoms with van der Waals surface area (Å²) in [5.74, 6) is 0.158. The van der Waals surface area contributed by atoms with Crippen molar-refractivity contribution in [2.24, 2.45) is 5.92 Å². The molecule has 0 unspecified atom stereocenters. The fraction of sp³-hybridized carbons (Fsp3) is 0.462. The molecule has 118 valence electrons. The second kappa shape index (κ2) is 7.51. The molecule has 2 rings (SSSR count). The number of hydrogen-bond donors (Lipinski definition) is 2. The second-order valence-corrected chi connectivity index (χ2v) is 4.62. The molecule has 1 aliphatic rings. The average molecular weight is 325 g/mol. The zero-order valence-corrected chi connectivity index (χ0v) is 11.9. The monoisotopic (exact) mass is 324 g/mol. The molecule has 1 aliphatic heterocycles. The third-order valence-corrected chi connectivity index (χ3v) is 2.94. The maximum absolute atomic E-state index is 12.0. The fourth-order valence-electron chi connectivity index (χ4n) is 1.68. The van der Waals surface area contributed by atoms with E-state index in [4.69, 9.17) is 0 Å². The van der Waals surface area contributed by atoms with Crippen LogP contribution < -0.4 is 15.4 Å². The van der Waals surface area contributed by atoms with Crippen molar-refractivity contribution >= 4 is 18.3 Å². The third-order valence-electron chi connectivity index (χ3n) is 2.94. The molecule has 0 spiro atoms. The lowest BCUT2D eigenvalue weighted by molar-refractivity contribution is -0.153. The molecule has 0 aliphatic carbocycles. The van der Waals surface area contributed by atoms with E-state index in [-0.39, 0.29) is 30.0 Å². The van der Waals surface area contributed by atoms with Crippen molar-refractivity contribution in [3.05, 3.63) is 29.8 Å². The number of hydrogen-bond acceptors (Lipinski definition) is 3. The maximum Gasteiger partial charge on any atom is 0.422 e. The van der Waals surface area contributed by atoms with Gasteiger partial charge in [0, 0.05) is 19.6 Å². The summed E-state index contributed by atoms with van der Waals surface area (Å²) < 4.78 is 40.5. The van der Waals surface area contributed by atoms with Crippen LogP contribution in [0.3, 0.4) is 0 Å². The van der Waals surface area contributed by atoms with Crippen molar-refractivity contribution in [2.75, 3.05) is 19.7 Å². The summed E-state index contributed by atoms with van der Waals surface area (Å²) in [6, 6.07) is 6.17. The number of nitrogens with one attached hydrogen (secondary N) is 2.